The van der Waals surface area contributed by atoms with Crippen LogP contribution in [-0.2, 0) is 4.74 Å². The van der Waals surface area contributed by atoms with Gasteiger partial charge in [-0.3, -0.25) is 4.79 Å². The molecule has 0 spiro atoms. The fraction of sp³-hybridized carbons (Fsp3) is 0.455. The minimum atomic E-state index is -2.65. The zero-order chi connectivity index (χ0) is 23.6. The number of H-pyrrole nitrogens is 1. The van der Waals surface area contributed by atoms with E-state index in [9.17, 15) is 18.0 Å². The molecule has 3 heterocycles. The molecule has 3 aromatic rings. The Morgan fingerprint density at radius 2 is 2.03 bits per heavy atom. The van der Waals surface area contributed by atoms with Crippen LogP contribution in [-0.4, -0.2) is 57.4 Å². The summed E-state index contributed by atoms with van der Waals surface area (Å²) in [5.41, 5.74) is 0.422. The van der Waals surface area contributed by atoms with Crippen molar-refractivity contribution >= 4 is 28.5 Å². The number of methoxy groups -OCH3 is 1. The Kier molecular flexibility index (Phi) is 6.50. The molecule has 1 fully saturated rings. The van der Waals surface area contributed by atoms with Crippen LogP contribution in [0.3, 0.4) is 0 Å². The summed E-state index contributed by atoms with van der Waals surface area (Å²) in [7, 11) is 1.58. The summed E-state index contributed by atoms with van der Waals surface area (Å²) in [5, 5.41) is 6.60. The lowest BCUT2D eigenvalue weighted by molar-refractivity contribution is -0.0361. The molecule has 0 saturated heterocycles. The summed E-state index contributed by atoms with van der Waals surface area (Å²) < 4.78 is 46.6. The number of aromatic amines is 1. The van der Waals surface area contributed by atoms with E-state index in [1.54, 1.807) is 7.11 Å². The first-order chi connectivity index (χ1) is 15.8. The van der Waals surface area contributed by atoms with E-state index in [0.29, 0.717) is 23.5 Å². The number of nitrogens with one attached hydrogen (secondary N) is 3. The molecular formula is C22H25F3N6O2. The van der Waals surface area contributed by atoms with E-state index in [0.717, 1.165) is 0 Å². The molecule has 1 saturated carbocycles. The van der Waals surface area contributed by atoms with E-state index in [4.69, 9.17) is 4.74 Å². The lowest BCUT2D eigenvalue weighted by Crippen LogP contribution is -2.32. The molecule has 0 aliphatic heterocycles. The average Bonchev–Trinajstić information content (AvgIpc) is 3.20. The van der Waals surface area contributed by atoms with Gasteiger partial charge in [-0.25, -0.2) is 23.7 Å². The van der Waals surface area contributed by atoms with Gasteiger partial charge in [0.15, 0.2) is 5.78 Å². The standard InChI is InChI=1S/C22H25F3N6O2/c1-12(10-33-2)29-21-17-15(9-26-20(17)27-11-28-21)18(32)14-3-4-16(31-19(14)23)30-13-5-7-22(24,25)8-6-13/h3-4,9,11-13H,5-8,10H2,1-2H3,(H,30,31)(H2,26,27,28,29)/t12-/m1/s1. The number of anilines is 2. The molecule has 11 heteroatoms. The van der Waals surface area contributed by atoms with Crippen LogP contribution in [0.2, 0.25) is 0 Å². The monoisotopic (exact) mass is 462 g/mol. The number of aromatic nitrogens is 4. The largest absolute Gasteiger partial charge is 0.383 e. The van der Waals surface area contributed by atoms with Crippen LogP contribution in [0, 0.1) is 5.95 Å². The normalized spacial score (nSPS) is 17.1. The number of carbonyl (C=O) groups is 1. The Balaban J connectivity index is 1.56. The van der Waals surface area contributed by atoms with Crippen molar-refractivity contribution in [1.82, 2.24) is 19.9 Å². The van der Waals surface area contributed by atoms with Gasteiger partial charge in [-0.15, -0.1) is 0 Å². The van der Waals surface area contributed by atoms with Crippen molar-refractivity contribution in [3.05, 3.63) is 41.7 Å². The Labute approximate surface area is 188 Å². The maximum atomic E-state index is 14.8. The molecule has 0 bridgehead atoms. The van der Waals surface area contributed by atoms with Crippen LogP contribution in [0.1, 0.15) is 48.5 Å². The van der Waals surface area contributed by atoms with Crippen molar-refractivity contribution < 1.29 is 22.7 Å². The third-order valence-corrected chi connectivity index (χ3v) is 5.68. The molecule has 0 radical (unpaired) electrons. The van der Waals surface area contributed by atoms with E-state index in [2.05, 4.69) is 30.6 Å². The number of ketones is 1. The molecule has 0 amide bonds. The molecule has 33 heavy (non-hydrogen) atoms. The van der Waals surface area contributed by atoms with Crippen LogP contribution in [0.4, 0.5) is 24.8 Å². The zero-order valence-electron chi connectivity index (χ0n) is 18.3. The molecule has 176 valence electrons. The second-order valence-corrected chi connectivity index (χ2v) is 8.29. The van der Waals surface area contributed by atoms with Gasteiger partial charge in [0.25, 0.3) is 0 Å². The van der Waals surface area contributed by atoms with E-state index >= 15 is 0 Å². The van der Waals surface area contributed by atoms with Gasteiger partial charge in [0, 0.05) is 38.2 Å². The Morgan fingerprint density at radius 1 is 1.27 bits per heavy atom. The van der Waals surface area contributed by atoms with Crippen molar-refractivity contribution in [2.24, 2.45) is 0 Å². The van der Waals surface area contributed by atoms with Crippen molar-refractivity contribution in [1.29, 1.82) is 0 Å². The zero-order valence-corrected chi connectivity index (χ0v) is 18.3. The Morgan fingerprint density at radius 3 is 2.73 bits per heavy atom. The first-order valence-corrected chi connectivity index (χ1v) is 10.7. The predicted octanol–water partition coefficient (Wildman–Crippen LogP) is 4.16. The molecule has 1 aliphatic rings. The van der Waals surface area contributed by atoms with Gasteiger partial charge in [-0.2, -0.15) is 4.39 Å². The third kappa shape index (κ3) is 5.08. The summed E-state index contributed by atoms with van der Waals surface area (Å²) in [6.45, 7) is 2.32. The second kappa shape index (κ2) is 9.34. The topological polar surface area (TPSA) is 105 Å². The number of pyridine rings is 1. The Bertz CT molecular complexity index is 1140. The van der Waals surface area contributed by atoms with Crippen LogP contribution in [0.5, 0.6) is 0 Å². The summed E-state index contributed by atoms with van der Waals surface area (Å²) in [6, 6.07) is 2.52. The van der Waals surface area contributed by atoms with Gasteiger partial charge in [0.05, 0.1) is 23.1 Å². The van der Waals surface area contributed by atoms with E-state index in [-0.39, 0.29) is 54.7 Å². The van der Waals surface area contributed by atoms with Crippen molar-refractivity contribution in [3.63, 3.8) is 0 Å². The minimum Gasteiger partial charge on any atom is -0.383 e. The smallest absolute Gasteiger partial charge is 0.248 e. The number of ether oxygens (including phenoxy) is 1. The van der Waals surface area contributed by atoms with Crippen LogP contribution in [0.25, 0.3) is 11.0 Å². The summed E-state index contributed by atoms with van der Waals surface area (Å²) >= 11 is 0. The number of carbonyl (C=O) groups excluding carboxylic acids is 1. The highest BCUT2D eigenvalue weighted by molar-refractivity contribution is 6.18. The number of halogens is 3. The molecule has 4 rings (SSSR count). The van der Waals surface area contributed by atoms with Crippen molar-refractivity contribution in [2.75, 3.05) is 24.4 Å². The maximum Gasteiger partial charge on any atom is 0.248 e. The molecule has 3 N–H and O–H groups in total. The van der Waals surface area contributed by atoms with Crippen LogP contribution in [0.15, 0.2) is 24.7 Å². The summed E-state index contributed by atoms with van der Waals surface area (Å²) in [6.07, 6.45) is 2.92. The van der Waals surface area contributed by atoms with Crippen LogP contribution >= 0.6 is 0 Å². The van der Waals surface area contributed by atoms with E-state index in [1.165, 1.54) is 24.7 Å². The highest BCUT2D eigenvalue weighted by atomic mass is 19.3. The van der Waals surface area contributed by atoms with Gasteiger partial charge in [0.2, 0.25) is 11.9 Å². The van der Waals surface area contributed by atoms with Gasteiger partial charge in [-0.05, 0) is 31.9 Å². The maximum absolute atomic E-state index is 14.8. The molecule has 8 nitrogen and oxygen atoms in total. The van der Waals surface area contributed by atoms with Gasteiger partial charge in [-0.1, -0.05) is 0 Å². The number of rotatable bonds is 8. The Hall–Kier alpha value is -3.21. The number of alkyl halides is 2. The fourth-order valence-corrected chi connectivity index (χ4v) is 4.00. The first-order valence-electron chi connectivity index (χ1n) is 10.7. The highest BCUT2D eigenvalue weighted by Crippen LogP contribution is 2.34. The predicted molar refractivity (Wildman–Crippen MR) is 117 cm³/mol. The first kappa shape index (κ1) is 23.0. The lowest BCUT2D eigenvalue weighted by atomic mass is 9.92. The van der Waals surface area contributed by atoms with Crippen molar-refractivity contribution in [3.8, 4) is 0 Å². The third-order valence-electron chi connectivity index (χ3n) is 5.68. The number of fused-ring (bicyclic) bond motifs is 1. The molecule has 1 aliphatic carbocycles. The second-order valence-electron chi connectivity index (χ2n) is 8.29. The van der Waals surface area contributed by atoms with E-state index < -0.39 is 17.7 Å². The van der Waals surface area contributed by atoms with Gasteiger partial charge < -0.3 is 20.4 Å². The molecule has 1 atom stereocenters. The lowest BCUT2D eigenvalue weighted by Gasteiger charge is -2.29. The fourth-order valence-electron chi connectivity index (χ4n) is 4.00. The quantitative estimate of drug-likeness (QED) is 0.341. The summed E-state index contributed by atoms with van der Waals surface area (Å²) in [4.78, 5) is 28.3. The van der Waals surface area contributed by atoms with Crippen LogP contribution < -0.4 is 10.6 Å². The molecule has 0 aromatic carbocycles. The van der Waals surface area contributed by atoms with Gasteiger partial charge >= 0.3 is 0 Å². The number of hydrogen-bond acceptors (Lipinski definition) is 7. The minimum absolute atomic E-state index is 0.0885. The molecule has 3 aromatic heterocycles. The average molecular weight is 462 g/mol. The van der Waals surface area contributed by atoms with Gasteiger partial charge in [0.1, 0.15) is 23.6 Å². The number of hydrogen-bond donors (Lipinski definition) is 3. The molecular weight excluding hydrogens is 437 g/mol. The molecule has 0 unspecified atom stereocenters. The number of nitrogens with zero attached hydrogens (tertiary/aromatic N) is 3. The summed E-state index contributed by atoms with van der Waals surface area (Å²) in [5.74, 6) is -3.54. The van der Waals surface area contributed by atoms with Crippen molar-refractivity contribution in [2.45, 2.75) is 50.6 Å². The van der Waals surface area contributed by atoms with E-state index in [1.807, 2.05) is 6.92 Å². The highest BCUT2D eigenvalue weighted by Gasteiger charge is 2.35. The SMILES string of the molecule is COC[C@@H](C)Nc1ncnc2[nH]cc(C(=O)c3ccc(NC4CCC(F)(F)CC4)nc3F)c12.